The number of hydrogen-bond donors (Lipinski definition) is 1. The van der Waals surface area contributed by atoms with Crippen LogP contribution in [0.3, 0.4) is 0 Å². The van der Waals surface area contributed by atoms with Crippen LogP contribution in [-0.4, -0.2) is 16.0 Å². The predicted molar refractivity (Wildman–Crippen MR) is 83.1 cm³/mol. The molecular weight excluding hydrogens is 297 g/mol. The Morgan fingerprint density at radius 3 is 2.61 bits per heavy atom. The third-order valence-electron chi connectivity index (χ3n) is 3.34. The largest absolute Gasteiger partial charge is 0.356 e. The lowest BCUT2D eigenvalue weighted by Crippen LogP contribution is -2.12. The van der Waals surface area contributed by atoms with E-state index in [0.29, 0.717) is 17.9 Å². The molecule has 3 aromatic rings. The Balaban J connectivity index is 1.64. The van der Waals surface area contributed by atoms with Gasteiger partial charge in [0.1, 0.15) is 5.82 Å². The average molecular weight is 311 g/mol. The molecule has 23 heavy (non-hydrogen) atoms. The van der Waals surface area contributed by atoms with E-state index in [0.717, 1.165) is 11.1 Å². The average Bonchev–Trinajstić information content (AvgIpc) is 3.03. The van der Waals surface area contributed by atoms with E-state index in [-0.39, 0.29) is 18.1 Å². The first-order valence-electron chi connectivity index (χ1n) is 7.12. The lowest BCUT2D eigenvalue weighted by molar-refractivity contribution is -0.116. The number of anilines is 1. The monoisotopic (exact) mass is 311 g/mol. The number of halogens is 1. The van der Waals surface area contributed by atoms with Gasteiger partial charge in [0.05, 0.1) is 6.20 Å². The van der Waals surface area contributed by atoms with Crippen LogP contribution in [0, 0.1) is 5.82 Å². The van der Waals surface area contributed by atoms with Gasteiger partial charge in [-0.15, -0.1) is 0 Å². The van der Waals surface area contributed by atoms with Crippen molar-refractivity contribution in [3.8, 4) is 11.3 Å². The highest BCUT2D eigenvalue weighted by Gasteiger charge is 2.12. The predicted octanol–water partition coefficient (Wildman–Crippen LogP) is 3.45. The Hall–Kier alpha value is -3.02. The van der Waals surface area contributed by atoms with E-state index in [1.165, 1.54) is 12.1 Å². The molecule has 0 bridgehead atoms. The fourth-order valence-electron chi connectivity index (χ4n) is 2.18. The number of carbonyl (C=O) groups is 1. The summed E-state index contributed by atoms with van der Waals surface area (Å²) < 4.78 is 18.2. The molecule has 0 atom stereocenters. The number of amides is 1. The highest BCUT2D eigenvalue weighted by atomic mass is 19.1. The lowest BCUT2D eigenvalue weighted by Gasteiger charge is -2.04. The van der Waals surface area contributed by atoms with Gasteiger partial charge in [-0.1, -0.05) is 5.16 Å². The van der Waals surface area contributed by atoms with Crippen LogP contribution in [-0.2, 0) is 11.2 Å². The molecule has 1 aromatic carbocycles. The van der Waals surface area contributed by atoms with Crippen LogP contribution in [0.4, 0.5) is 10.1 Å². The van der Waals surface area contributed by atoms with Crippen molar-refractivity contribution < 1.29 is 13.7 Å². The van der Waals surface area contributed by atoms with Gasteiger partial charge in [0, 0.05) is 35.6 Å². The molecule has 6 heteroatoms. The van der Waals surface area contributed by atoms with Gasteiger partial charge in [-0.3, -0.25) is 9.78 Å². The van der Waals surface area contributed by atoms with E-state index in [2.05, 4.69) is 15.5 Å². The SMILES string of the molecule is O=C(CCc1cnoc1-c1ccc(F)cc1)Nc1ccncc1. The molecule has 0 unspecified atom stereocenters. The summed E-state index contributed by atoms with van der Waals surface area (Å²) in [4.78, 5) is 15.9. The number of nitrogens with one attached hydrogen (secondary N) is 1. The number of hydrogen-bond acceptors (Lipinski definition) is 4. The Labute approximate surface area is 132 Å². The zero-order chi connectivity index (χ0) is 16.1. The molecular formula is C17H14FN3O2. The molecule has 0 aliphatic heterocycles. The number of pyridine rings is 1. The van der Waals surface area contributed by atoms with Crippen molar-refractivity contribution >= 4 is 11.6 Å². The summed E-state index contributed by atoms with van der Waals surface area (Å²) in [6, 6.07) is 9.41. The Morgan fingerprint density at radius 1 is 1.13 bits per heavy atom. The summed E-state index contributed by atoms with van der Waals surface area (Å²) >= 11 is 0. The van der Waals surface area contributed by atoms with Gasteiger partial charge in [-0.2, -0.15) is 0 Å². The molecule has 0 aliphatic carbocycles. The van der Waals surface area contributed by atoms with Crippen LogP contribution in [0.2, 0.25) is 0 Å². The number of aromatic nitrogens is 2. The van der Waals surface area contributed by atoms with Crippen LogP contribution in [0.5, 0.6) is 0 Å². The van der Waals surface area contributed by atoms with E-state index in [1.54, 1.807) is 42.9 Å². The topological polar surface area (TPSA) is 68.0 Å². The zero-order valence-corrected chi connectivity index (χ0v) is 12.2. The van der Waals surface area contributed by atoms with Gasteiger partial charge in [-0.25, -0.2) is 4.39 Å². The van der Waals surface area contributed by atoms with Crippen LogP contribution < -0.4 is 5.32 Å². The molecule has 1 amide bonds. The fraction of sp³-hybridized carbons (Fsp3) is 0.118. The highest BCUT2D eigenvalue weighted by Crippen LogP contribution is 2.24. The zero-order valence-electron chi connectivity index (χ0n) is 12.2. The number of nitrogens with zero attached hydrogens (tertiary/aromatic N) is 2. The van der Waals surface area contributed by atoms with Gasteiger partial charge in [0.15, 0.2) is 5.76 Å². The van der Waals surface area contributed by atoms with Gasteiger partial charge < -0.3 is 9.84 Å². The second-order valence-electron chi connectivity index (χ2n) is 4.97. The van der Waals surface area contributed by atoms with Gasteiger partial charge in [0.2, 0.25) is 5.91 Å². The molecule has 0 radical (unpaired) electrons. The van der Waals surface area contributed by atoms with Crippen molar-refractivity contribution in [3.63, 3.8) is 0 Å². The molecule has 2 heterocycles. The van der Waals surface area contributed by atoms with Crippen LogP contribution >= 0.6 is 0 Å². The molecule has 2 aromatic heterocycles. The summed E-state index contributed by atoms with van der Waals surface area (Å²) in [5.74, 6) is 0.135. The Kier molecular flexibility index (Phi) is 4.42. The van der Waals surface area contributed by atoms with Crippen molar-refractivity contribution in [2.24, 2.45) is 0 Å². The quantitative estimate of drug-likeness (QED) is 0.783. The van der Waals surface area contributed by atoms with Crippen molar-refractivity contribution in [1.82, 2.24) is 10.1 Å². The normalized spacial score (nSPS) is 10.5. The van der Waals surface area contributed by atoms with E-state index in [1.807, 2.05) is 0 Å². The smallest absolute Gasteiger partial charge is 0.224 e. The highest BCUT2D eigenvalue weighted by molar-refractivity contribution is 5.90. The molecule has 3 rings (SSSR count). The van der Waals surface area contributed by atoms with E-state index in [4.69, 9.17) is 4.52 Å². The molecule has 116 valence electrons. The first-order valence-corrected chi connectivity index (χ1v) is 7.12. The molecule has 5 nitrogen and oxygen atoms in total. The minimum atomic E-state index is -0.313. The summed E-state index contributed by atoms with van der Waals surface area (Å²) in [6.07, 6.45) is 5.58. The van der Waals surface area contributed by atoms with E-state index in [9.17, 15) is 9.18 Å². The molecule has 0 fully saturated rings. The van der Waals surface area contributed by atoms with Gasteiger partial charge in [0.25, 0.3) is 0 Å². The van der Waals surface area contributed by atoms with Crippen molar-refractivity contribution in [2.75, 3.05) is 5.32 Å². The third kappa shape index (κ3) is 3.79. The third-order valence-corrected chi connectivity index (χ3v) is 3.34. The molecule has 0 saturated carbocycles. The first kappa shape index (κ1) is 14.9. The molecule has 0 aliphatic rings. The number of rotatable bonds is 5. The van der Waals surface area contributed by atoms with E-state index < -0.39 is 0 Å². The van der Waals surface area contributed by atoms with Crippen LogP contribution in [0.15, 0.2) is 59.5 Å². The second kappa shape index (κ2) is 6.83. The molecule has 0 spiro atoms. The fourth-order valence-corrected chi connectivity index (χ4v) is 2.18. The second-order valence-corrected chi connectivity index (χ2v) is 4.97. The van der Waals surface area contributed by atoms with Crippen LogP contribution in [0.25, 0.3) is 11.3 Å². The molecule has 1 N–H and O–H groups in total. The van der Waals surface area contributed by atoms with Gasteiger partial charge in [-0.05, 0) is 42.8 Å². The number of benzene rings is 1. The maximum absolute atomic E-state index is 13.0. The summed E-state index contributed by atoms with van der Waals surface area (Å²) in [7, 11) is 0. The lowest BCUT2D eigenvalue weighted by atomic mass is 10.1. The minimum absolute atomic E-state index is 0.109. The van der Waals surface area contributed by atoms with Crippen molar-refractivity contribution in [2.45, 2.75) is 12.8 Å². The first-order chi connectivity index (χ1) is 11.2. The van der Waals surface area contributed by atoms with E-state index >= 15 is 0 Å². The van der Waals surface area contributed by atoms with Crippen LogP contribution in [0.1, 0.15) is 12.0 Å². The maximum atomic E-state index is 13.0. The summed E-state index contributed by atoms with van der Waals surface area (Å²) in [5.41, 5.74) is 2.24. The van der Waals surface area contributed by atoms with Gasteiger partial charge >= 0.3 is 0 Å². The Morgan fingerprint density at radius 2 is 1.87 bits per heavy atom. The standard InChI is InChI=1S/C17H14FN3O2/c18-14-4-1-12(2-5-14)17-13(11-20-23-17)3-6-16(22)21-15-7-9-19-10-8-15/h1-2,4-5,7-11H,3,6H2,(H,19,21,22). The van der Waals surface area contributed by atoms with Crippen molar-refractivity contribution in [1.29, 1.82) is 0 Å². The minimum Gasteiger partial charge on any atom is -0.356 e. The Bertz CT molecular complexity index is 785. The number of aryl methyl sites for hydroxylation is 1. The summed E-state index contributed by atoms with van der Waals surface area (Å²) in [5, 5.41) is 6.57. The summed E-state index contributed by atoms with van der Waals surface area (Å²) in [6.45, 7) is 0. The number of carbonyl (C=O) groups excluding carboxylic acids is 1. The van der Waals surface area contributed by atoms with Crippen molar-refractivity contribution in [3.05, 3.63) is 66.4 Å². The molecule has 0 saturated heterocycles. The maximum Gasteiger partial charge on any atom is 0.224 e.